The molecule has 1 aromatic rings. The Balaban J connectivity index is 0.00000107. The van der Waals surface area contributed by atoms with Crippen LogP contribution in [0.3, 0.4) is 0 Å². The third kappa shape index (κ3) is 6.13. The first-order valence-corrected chi connectivity index (χ1v) is 11.1. The van der Waals surface area contributed by atoms with Gasteiger partial charge in [0.15, 0.2) is 5.50 Å². The second-order valence-corrected chi connectivity index (χ2v) is 8.77. The van der Waals surface area contributed by atoms with Crippen LogP contribution in [0, 0.1) is 0 Å². The summed E-state index contributed by atoms with van der Waals surface area (Å²) in [5.74, 6) is -0.293. The molecule has 1 atom stereocenters. The van der Waals surface area contributed by atoms with Gasteiger partial charge in [0.25, 0.3) is 0 Å². The van der Waals surface area contributed by atoms with E-state index in [0.29, 0.717) is 12.3 Å². The van der Waals surface area contributed by atoms with Gasteiger partial charge >= 0.3 is 12.0 Å². The van der Waals surface area contributed by atoms with Crippen molar-refractivity contribution >= 4 is 35.1 Å². The molecular weight excluding hydrogens is 418 g/mol. The van der Waals surface area contributed by atoms with Gasteiger partial charge in [-0.15, -0.1) is 0 Å². The number of hydrogen-bond acceptors (Lipinski definition) is 7. The van der Waals surface area contributed by atoms with Crippen LogP contribution >= 0.6 is 11.8 Å². The van der Waals surface area contributed by atoms with E-state index >= 15 is 0 Å². The number of allylic oxidation sites excluding steroid dienone is 1. The highest BCUT2D eigenvalue weighted by molar-refractivity contribution is 8.09. The quantitative estimate of drug-likeness (QED) is 0.464. The maximum atomic E-state index is 12.4. The first kappa shape index (κ1) is 24.5. The van der Waals surface area contributed by atoms with Gasteiger partial charge in [-0.25, -0.2) is 4.79 Å². The summed E-state index contributed by atoms with van der Waals surface area (Å²) in [6.07, 6.45) is 4.09. The number of nitrogens with two attached hydrogens (primary N) is 1. The third-order valence-corrected chi connectivity index (χ3v) is 6.27. The van der Waals surface area contributed by atoms with Gasteiger partial charge in [0.1, 0.15) is 5.41 Å². The summed E-state index contributed by atoms with van der Waals surface area (Å²) in [4.78, 5) is 40.5. The highest BCUT2D eigenvalue weighted by Gasteiger charge is 2.34. The highest BCUT2D eigenvalue weighted by atomic mass is 32.2. The second kappa shape index (κ2) is 11.0. The van der Waals surface area contributed by atoms with Gasteiger partial charge in [-0.05, 0) is 58.2 Å². The number of pyridine rings is 1. The summed E-state index contributed by atoms with van der Waals surface area (Å²) in [5.41, 5.74) is 5.74. The van der Waals surface area contributed by atoms with Gasteiger partial charge in [-0.3, -0.25) is 14.6 Å². The van der Waals surface area contributed by atoms with E-state index in [-0.39, 0.29) is 23.9 Å². The van der Waals surface area contributed by atoms with Crippen LogP contribution in [0.25, 0.3) is 4.91 Å². The Morgan fingerprint density at radius 2 is 2.06 bits per heavy atom. The Bertz CT molecular complexity index is 837. The fraction of sp³-hybridized carbons (Fsp3) is 0.524. The number of hydrogen-bond donors (Lipinski definition) is 3. The van der Waals surface area contributed by atoms with Crippen molar-refractivity contribution in [3.05, 3.63) is 35.3 Å². The summed E-state index contributed by atoms with van der Waals surface area (Å²) in [7, 11) is 0. The number of nitrogens with one attached hydrogen (secondary N) is 2. The number of amides is 3. The third-order valence-electron chi connectivity index (χ3n) is 5.02. The van der Waals surface area contributed by atoms with Crippen LogP contribution in [0.1, 0.15) is 51.8 Å². The van der Waals surface area contributed by atoms with Gasteiger partial charge in [0, 0.05) is 29.9 Å². The molecule has 0 radical (unpaired) electrons. The van der Waals surface area contributed by atoms with E-state index in [9.17, 15) is 9.59 Å². The molecule has 1 fully saturated rings. The van der Waals surface area contributed by atoms with Crippen LogP contribution in [0.2, 0.25) is 0 Å². The zero-order chi connectivity index (χ0) is 23.0. The van der Waals surface area contributed by atoms with Crippen LogP contribution in [-0.2, 0) is 19.7 Å². The topological polar surface area (TPSA) is 127 Å². The molecule has 3 rings (SSSR count). The van der Waals surface area contributed by atoms with Crippen LogP contribution in [0.4, 0.5) is 4.79 Å². The summed E-state index contributed by atoms with van der Waals surface area (Å²) < 4.78 is 5.20. The average molecular weight is 450 g/mol. The van der Waals surface area contributed by atoms with Gasteiger partial charge in [-0.1, -0.05) is 11.8 Å². The number of thioether (sulfide) groups is 1. The van der Waals surface area contributed by atoms with Crippen molar-refractivity contribution in [3.8, 4) is 0 Å². The van der Waals surface area contributed by atoms with E-state index < -0.39 is 5.41 Å². The molecule has 0 aliphatic carbocycles. The molecule has 0 spiro atoms. The second-order valence-electron chi connectivity index (χ2n) is 7.65. The number of urea groups is 1. The molecule has 9 nitrogen and oxygen atoms in total. The van der Waals surface area contributed by atoms with E-state index in [4.69, 9.17) is 9.53 Å². The molecule has 31 heavy (non-hydrogen) atoms. The predicted octanol–water partition coefficient (Wildman–Crippen LogP) is 2.14. The average Bonchev–Trinajstić information content (AvgIpc) is 3.39. The van der Waals surface area contributed by atoms with Gasteiger partial charge in [0.2, 0.25) is 6.41 Å². The van der Waals surface area contributed by atoms with Crippen LogP contribution in [-0.4, -0.2) is 53.5 Å². The lowest BCUT2D eigenvalue weighted by Gasteiger charge is -2.22. The molecule has 1 saturated heterocycles. The minimum Gasteiger partial charge on any atom is -0.465 e. The van der Waals surface area contributed by atoms with Crippen molar-refractivity contribution in [2.75, 3.05) is 19.7 Å². The molecule has 2 aliphatic heterocycles. The molecule has 170 valence electrons. The zero-order valence-corrected chi connectivity index (χ0v) is 19.3. The summed E-state index contributed by atoms with van der Waals surface area (Å²) in [5, 5.41) is 6.37. The van der Waals surface area contributed by atoms with Gasteiger partial charge in [-0.2, -0.15) is 0 Å². The standard InChI is InChI=1S/C20H28N4O3S.CH3NO/c1-5-27-17(25)20(3,4)15-12-14(8-9-21-15)16-13(2)22-18(28-16)23-19(26)24-10-6-7-11-24;2-1-3/h8-9,12,18,22H,5-7,10-11H2,1-4H3,(H,23,26);1H,(H2,2,3). The largest absolute Gasteiger partial charge is 0.465 e. The lowest BCUT2D eigenvalue weighted by Crippen LogP contribution is -2.46. The molecule has 10 heteroatoms. The van der Waals surface area contributed by atoms with Gasteiger partial charge < -0.3 is 26.0 Å². The number of nitrogens with zero attached hydrogens (tertiary/aromatic N) is 2. The Kier molecular flexibility index (Phi) is 8.73. The summed E-state index contributed by atoms with van der Waals surface area (Å²) in [6, 6.07) is 3.81. The molecular formula is C21H31N5O4S. The molecule has 2 aliphatic rings. The Morgan fingerprint density at radius 1 is 1.42 bits per heavy atom. The predicted molar refractivity (Wildman–Crippen MR) is 121 cm³/mol. The van der Waals surface area contributed by atoms with E-state index in [1.165, 1.54) is 0 Å². The Labute approximate surface area is 187 Å². The fourth-order valence-electron chi connectivity index (χ4n) is 3.30. The van der Waals surface area contributed by atoms with Crippen molar-refractivity contribution < 1.29 is 19.1 Å². The monoisotopic (exact) mass is 449 g/mol. The van der Waals surface area contributed by atoms with E-state index in [2.05, 4.69) is 21.4 Å². The molecule has 1 aromatic heterocycles. The number of ether oxygens (including phenoxy) is 1. The number of esters is 1. The summed E-state index contributed by atoms with van der Waals surface area (Å²) in [6.45, 7) is 9.39. The van der Waals surface area contributed by atoms with Gasteiger partial charge in [0.05, 0.1) is 12.3 Å². The summed E-state index contributed by atoms with van der Waals surface area (Å²) >= 11 is 1.56. The number of carbonyl (C=O) groups excluding carboxylic acids is 3. The van der Waals surface area contributed by atoms with E-state index in [0.717, 1.165) is 42.1 Å². The molecule has 0 bridgehead atoms. The lowest BCUT2D eigenvalue weighted by molar-refractivity contribution is -0.149. The maximum absolute atomic E-state index is 12.4. The first-order valence-electron chi connectivity index (χ1n) is 10.2. The number of rotatable bonds is 5. The highest BCUT2D eigenvalue weighted by Crippen LogP contribution is 2.38. The smallest absolute Gasteiger partial charge is 0.319 e. The number of primary amides is 1. The van der Waals surface area contributed by atoms with Crippen LogP contribution in [0.15, 0.2) is 24.0 Å². The number of carbonyl (C=O) groups is 3. The van der Waals surface area contributed by atoms with Crippen molar-refractivity contribution in [2.24, 2.45) is 5.73 Å². The Morgan fingerprint density at radius 3 is 2.68 bits per heavy atom. The molecule has 3 heterocycles. The molecule has 3 amide bonds. The molecule has 4 N–H and O–H groups in total. The molecule has 0 aromatic carbocycles. The molecule has 1 unspecified atom stereocenters. The minimum atomic E-state index is -0.833. The first-order chi connectivity index (χ1) is 14.7. The minimum absolute atomic E-state index is 0.0320. The van der Waals surface area contributed by atoms with Crippen molar-refractivity contribution in [1.29, 1.82) is 0 Å². The Hall–Kier alpha value is -2.75. The van der Waals surface area contributed by atoms with E-state index in [1.807, 2.05) is 37.8 Å². The number of aromatic nitrogens is 1. The maximum Gasteiger partial charge on any atom is 0.319 e. The van der Waals surface area contributed by atoms with Crippen molar-refractivity contribution in [3.63, 3.8) is 0 Å². The van der Waals surface area contributed by atoms with Crippen LogP contribution in [0.5, 0.6) is 0 Å². The SMILES string of the molecule is CCOC(=O)C(C)(C)c1cc(C2=C(C)NC(NC(=O)N3CCCC3)S2)ccn1.NC=O. The number of likely N-dealkylation sites (tertiary alicyclic amines) is 1. The fourth-order valence-corrected chi connectivity index (χ4v) is 4.43. The van der Waals surface area contributed by atoms with E-state index in [1.54, 1.807) is 24.9 Å². The van der Waals surface area contributed by atoms with Crippen LogP contribution < -0.4 is 16.4 Å². The lowest BCUT2D eigenvalue weighted by atomic mass is 9.88. The molecule has 0 saturated carbocycles. The normalized spacial score (nSPS) is 18.1. The van der Waals surface area contributed by atoms with Crippen molar-refractivity contribution in [2.45, 2.75) is 51.4 Å². The van der Waals surface area contributed by atoms with Crippen molar-refractivity contribution in [1.82, 2.24) is 20.5 Å². The zero-order valence-electron chi connectivity index (χ0n) is 18.4.